The average Bonchev–Trinajstić information content (AvgIpc) is 3.55. The van der Waals surface area contributed by atoms with Gasteiger partial charge in [-0.05, 0) is 111 Å². The van der Waals surface area contributed by atoms with Crippen molar-refractivity contribution in [3.05, 3.63) is 206 Å². The summed E-state index contributed by atoms with van der Waals surface area (Å²) in [5.41, 5.74) is 11.8. The number of hydrogen-bond donors (Lipinski definition) is 0. The van der Waals surface area contributed by atoms with Crippen LogP contribution in [0.5, 0.6) is 0 Å². The van der Waals surface area contributed by atoms with Crippen molar-refractivity contribution in [1.82, 2.24) is 4.57 Å². The summed E-state index contributed by atoms with van der Waals surface area (Å²) in [5, 5.41) is 7.46. The van der Waals surface area contributed by atoms with Gasteiger partial charge in [-0.3, -0.25) is 0 Å². The van der Waals surface area contributed by atoms with Crippen LogP contribution >= 0.6 is 0 Å². The van der Waals surface area contributed by atoms with Crippen molar-refractivity contribution in [1.29, 1.82) is 0 Å². The Bertz CT molecular complexity index is 2880. The molecule has 10 rings (SSSR count). The summed E-state index contributed by atoms with van der Waals surface area (Å²) < 4.78 is 2.40. The van der Waals surface area contributed by atoms with Crippen LogP contribution in [0.2, 0.25) is 0 Å². The molecule has 0 N–H and O–H groups in total. The van der Waals surface area contributed by atoms with Gasteiger partial charge in [-0.15, -0.1) is 0 Å². The Kier molecular flexibility index (Phi) is 7.18. The molecular weight excluding hydrogens is 629 g/mol. The van der Waals surface area contributed by atoms with Crippen LogP contribution < -0.4 is 4.90 Å². The van der Waals surface area contributed by atoms with Crippen molar-refractivity contribution in [2.24, 2.45) is 0 Å². The summed E-state index contributed by atoms with van der Waals surface area (Å²) in [6, 6.07) is 74.7. The van der Waals surface area contributed by atoms with Gasteiger partial charge in [-0.2, -0.15) is 0 Å². The van der Waals surface area contributed by atoms with E-state index in [1.807, 2.05) is 0 Å². The topological polar surface area (TPSA) is 8.17 Å². The molecule has 1 aromatic heterocycles. The quantitative estimate of drug-likeness (QED) is 0.172. The third kappa shape index (κ3) is 5.21. The van der Waals surface area contributed by atoms with E-state index >= 15 is 0 Å². The highest BCUT2D eigenvalue weighted by molar-refractivity contribution is 6.10. The molecule has 52 heavy (non-hydrogen) atoms. The van der Waals surface area contributed by atoms with Crippen molar-refractivity contribution in [2.75, 3.05) is 4.90 Å². The lowest BCUT2D eigenvalue weighted by atomic mass is 10.0. The Labute approximate surface area is 303 Å². The van der Waals surface area contributed by atoms with Crippen LogP contribution in [0.3, 0.4) is 0 Å². The molecule has 0 saturated heterocycles. The number of anilines is 3. The summed E-state index contributed by atoms with van der Waals surface area (Å²) in [7, 11) is 0. The fraction of sp³-hybridized carbons (Fsp3) is 0. The highest BCUT2D eigenvalue weighted by Crippen LogP contribution is 2.39. The highest BCUT2D eigenvalue weighted by atomic mass is 15.1. The summed E-state index contributed by atoms with van der Waals surface area (Å²) in [4.78, 5) is 2.35. The number of hydrogen-bond acceptors (Lipinski definition) is 1. The van der Waals surface area contributed by atoms with E-state index in [4.69, 9.17) is 0 Å². The first-order valence-corrected chi connectivity index (χ1v) is 17.8. The molecule has 0 fully saturated rings. The van der Waals surface area contributed by atoms with Crippen LogP contribution in [-0.4, -0.2) is 4.57 Å². The van der Waals surface area contributed by atoms with Gasteiger partial charge in [0, 0.05) is 33.5 Å². The summed E-state index contributed by atoms with van der Waals surface area (Å²) >= 11 is 0. The SMILES string of the molecule is c1ccc(-c2ccc(N(c3ccc(-c4ccc5c(c4)c4ccccc4n5-c4ccc5ccccc5c4)cc3)c3ccc4ccccc4c3)cc2)cc1. The predicted octanol–water partition coefficient (Wildman–Crippen LogP) is 13.9. The first-order chi connectivity index (χ1) is 25.8. The lowest BCUT2D eigenvalue weighted by Gasteiger charge is -2.26. The van der Waals surface area contributed by atoms with Gasteiger partial charge in [0.15, 0.2) is 0 Å². The largest absolute Gasteiger partial charge is 0.310 e. The second-order valence-corrected chi connectivity index (χ2v) is 13.4. The lowest BCUT2D eigenvalue weighted by Crippen LogP contribution is -2.09. The van der Waals surface area contributed by atoms with Crippen molar-refractivity contribution in [3.63, 3.8) is 0 Å². The van der Waals surface area contributed by atoms with E-state index in [-0.39, 0.29) is 0 Å². The molecule has 0 aliphatic heterocycles. The van der Waals surface area contributed by atoms with E-state index in [2.05, 4.69) is 216 Å². The zero-order valence-corrected chi connectivity index (χ0v) is 28.5. The molecule has 0 atom stereocenters. The number of aromatic nitrogens is 1. The molecule has 0 bridgehead atoms. The number of benzene rings is 9. The first kappa shape index (κ1) is 30.0. The monoisotopic (exact) mass is 662 g/mol. The van der Waals surface area contributed by atoms with Crippen LogP contribution in [0.25, 0.3) is 71.3 Å². The minimum atomic E-state index is 1.11. The standard InChI is InChI=1S/C50H34N2/c1-2-10-35(11-3-1)38-18-25-43(26-19-38)51(45-29-22-36-12-4-6-14-40(36)32-45)44-27-20-39(21-28-44)42-24-31-50-48(34-42)47-16-8-9-17-49(47)52(50)46-30-23-37-13-5-7-15-41(37)33-46/h1-34H. The van der Waals surface area contributed by atoms with Gasteiger partial charge in [0.1, 0.15) is 0 Å². The number of rotatable bonds is 6. The molecule has 0 unspecified atom stereocenters. The molecular formula is C50H34N2. The maximum atomic E-state index is 2.40. The molecule has 0 saturated carbocycles. The minimum absolute atomic E-state index is 1.11. The Morgan fingerprint density at radius 1 is 0.288 bits per heavy atom. The second-order valence-electron chi connectivity index (χ2n) is 13.4. The summed E-state index contributed by atoms with van der Waals surface area (Å²) in [6.45, 7) is 0. The molecule has 0 aliphatic rings. The minimum Gasteiger partial charge on any atom is -0.310 e. The third-order valence-electron chi connectivity index (χ3n) is 10.3. The van der Waals surface area contributed by atoms with Gasteiger partial charge in [-0.1, -0.05) is 140 Å². The summed E-state index contributed by atoms with van der Waals surface area (Å²) in [6.07, 6.45) is 0. The fourth-order valence-corrected chi connectivity index (χ4v) is 7.75. The molecule has 244 valence electrons. The average molecular weight is 663 g/mol. The van der Waals surface area contributed by atoms with E-state index in [0.29, 0.717) is 0 Å². The van der Waals surface area contributed by atoms with Crippen LogP contribution in [0.1, 0.15) is 0 Å². The predicted molar refractivity (Wildman–Crippen MR) is 221 cm³/mol. The normalized spacial score (nSPS) is 11.5. The van der Waals surface area contributed by atoms with Gasteiger partial charge in [-0.25, -0.2) is 0 Å². The summed E-state index contributed by atoms with van der Waals surface area (Å²) in [5.74, 6) is 0. The maximum Gasteiger partial charge on any atom is 0.0541 e. The van der Waals surface area contributed by atoms with Crippen LogP contribution in [-0.2, 0) is 0 Å². The molecule has 0 spiro atoms. The first-order valence-electron chi connectivity index (χ1n) is 17.8. The Morgan fingerprint density at radius 2 is 0.788 bits per heavy atom. The van der Waals surface area contributed by atoms with E-state index in [9.17, 15) is 0 Å². The Balaban J connectivity index is 1.05. The highest BCUT2D eigenvalue weighted by Gasteiger charge is 2.16. The van der Waals surface area contributed by atoms with Crippen molar-refractivity contribution in [3.8, 4) is 27.9 Å². The molecule has 0 amide bonds. The Morgan fingerprint density at radius 3 is 1.50 bits per heavy atom. The molecule has 2 heteroatoms. The van der Waals surface area contributed by atoms with Gasteiger partial charge in [0.25, 0.3) is 0 Å². The Hall–Kier alpha value is -6.90. The molecule has 1 heterocycles. The van der Waals surface area contributed by atoms with Gasteiger partial charge < -0.3 is 9.47 Å². The van der Waals surface area contributed by atoms with Crippen molar-refractivity contribution >= 4 is 60.4 Å². The number of fused-ring (bicyclic) bond motifs is 5. The van der Waals surface area contributed by atoms with Gasteiger partial charge in [0.05, 0.1) is 11.0 Å². The van der Waals surface area contributed by atoms with Crippen LogP contribution in [0.4, 0.5) is 17.1 Å². The van der Waals surface area contributed by atoms with Crippen LogP contribution in [0, 0.1) is 0 Å². The maximum absolute atomic E-state index is 2.40. The number of nitrogens with zero attached hydrogens (tertiary/aromatic N) is 2. The smallest absolute Gasteiger partial charge is 0.0541 e. The molecule has 2 nitrogen and oxygen atoms in total. The number of para-hydroxylation sites is 1. The van der Waals surface area contributed by atoms with Gasteiger partial charge in [0.2, 0.25) is 0 Å². The van der Waals surface area contributed by atoms with Crippen LogP contribution in [0.15, 0.2) is 206 Å². The van der Waals surface area contributed by atoms with Crippen molar-refractivity contribution in [2.45, 2.75) is 0 Å². The molecule has 0 aliphatic carbocycles. The third-order valence-corrected chi connectivity index (χ3v) is 10.3. The van der Waals surface area contributed by atoms with E-state index in [1.165, 1.54) is 71.3 Å². The zero-order chi connectivity index (χ0) is 34.4. The molecule has 9 aromatic carbocycles. The van der Waals surface area contributed by atoms with E-state index < -0.39 is 0 Å². The van der Waals surface area contributed by atoms with E-state index in [1.54, 1.807) is 0 Å². The molecule has 0 radical (unpaired) electrons. The van der Waals surface area contributed by atoms with Gasteiger partial charge >= 0.3 is 0 Å². The molecule has 10 aromatic rings. The lowest BCUT2D eigenvalue weighted by molar-refractivity contribution is 1.19. The van der Waals surface area contributed by atoms with Crippen molar-refractivity contribution < 1.29 is 0 Å². The second kappa shape index (κ2) is 12.5. The fourth-order valence-electron chi connectivity index (χ4n) is 7.75. The van der Waals surface area contributed by atoms with E-state index in [0.717, 1.165) is 17.1 Å². The zero-order valence-electron chi connectivity index (χ0n) is 28.5.